The number of aryl methyl sites for hydroxylation is 1. The SMILES string of the molecule is C=CCC(C)(Nc1ccccc1)c1ccc(C)cc1. The smallest absolute Gasteiger partial charge is 0.0631 e. The molecule has 0 aliphatic heterocycles. The van der Waals surface area contributed by atoms with Gasteiger partial charge >= 0.3 is 0 Å². The molecule has 1 heteroatoms. The Balaban J connectivity index is 2.31. The fraction of sp³-hybridized carbons (Fsp3) is 0.222. The fourth-order valence-corrected chi connectivity index (χ4v) is 2.29. The van der Waals surface area contributed by atoms with Crippen molar-refractivity contribution >= 4 is 5.69 Å². The highest BCUT2D eigenvalue weighted by Gasteiger charge is 2.24. The van der Waals surface area contributed by atoms with Crippen molar-refractivity contribution in [2.75, 3.05) is 5.32 Å². The maximum absolute atomic E-state index is 3.89. The first-order valence-corrected chi connectivity index (χ1v) is 6.65. The highest BCUT2D eigenvalue weighted by molar-refractivity contribution is 5.48. The van der Waals surface area contributed by atoms with Crippen LogP contribution in [0.5, 0.6) is 0 Å². The molecule has 0 amide bonds. The van der Waals surface area contributed by atoms with E-state index in [1.54, 1.807) is 0 Å². The van der Waals surface area contributed by atoms with E-state index in [2.05, 4.69) is 62.1 Å². The first-order valence-electron chi connectivity index (χ1n) is 6.65. The minimum atomic E-state index is -0.128. The molecule has 19 heavy (non-hydrogen) atoms. The van der Waals surface area contributed by atoms with Gasteiger partial charge in [-0.1, -0.05) is 54.1 Å². The highest BCUT2D eigenvalue weighted by atomic mass is 15.0. The van der Waals surface area contributed by atoms with E-state index in [1.165, 1.54) is 11.1 Å². The Bertz CT molecular complexity index is 527. The van der Waals surface area contributed by atoms with E-state index >= 15 is 0 Å². The molecule has 0 spiro atoms. The van der Waals surface area contributed by atoms with Gasteiger partial charge in [0.05, 0.1) is 5.54 Å². The van der Waals surface area contributed by atoms with Gasteiger partial charge in [0.15, 0.2) is 0 Å². The van der Waals surface area contributed by atoms with Crippen LogP contribution in [0, 0.1) is 6.92 Å². The quantitative estimate of drug-likeness (QED) is 0.745. The summed E-state index contributed by atoms with van der Waals surface area (Å²) in [5.74, 6) is 0. The Morgan fingerprint density at radius 2 is 1.68 bits per heavy atom. The number of hydrogen-bond acceptors (Lipinski definition) is 1. The monoisotopic (exact) mass is 251 g/mol. The largest absolute Gasteiger partial charge is 0.375 e. The molecule has 0 heterocycles. The number of nitrogens with one attached hydrogen (secondary N) is 1. The van der Waals surface area contributed by atoms with Gasteiger partial charge in [0.1, 0.15) is 0 Å². The average Bonchev–Trinajstić information content (AvgIpc) is 2.40. The van der Waals surface area contributed by atoms with Crippen molar-refractivity contribution in [3.05, 3.63) is 78.4 Å². The lowest BCUT2D eigenvalue weighted by Crippen LogP contribution is -2.31. The Labute approximate surface area is 116 Å². The van der Waals surface area contributed by atoms with Crippen LogP contribution in [0.25, 0.3) is 0 Å². The second kappa shape index (κ2) is 5.75. The molecule has 0 aromatic heterocycles. The summed E-state index contributed by atoms with van der Waals surface area (Å²) < 4.78 is 0. The summed E-state index contributed by atoms with van der Waals surface area (Å²) in [5.41, 5.74) is 3.57. The molecule has 0 radical (unpaired) electrons. The van der Waals surface area contributed by atoms with Crippen LogP contribution in [0.3, 0.4) is 0 Å². The molecule has 1 unspecified atom stereocenters. The zero-order chi connectivity index (χ0) is 13.7. The third-order valence-corrected chi connectivity index (χ3v) is 3.44. The van der Waals surface area contributed by atoms with Crippen molar-refractivity contribution in [2.45, 2.75) is 25.8 Å². The number of rotatable bonds is 5. The zero-order valence-corrected chi connectivity index (χ0v) is 11.7. The van der Waals surface area contributed by atoms with Crippen molar-refractivity contribution in [3.63, 3.8) is 0 Å². The van der Waals surface area contributed by atoms with Gasteiger partial charge in [-0.15, -0.1) is 6.58 Å². The molecule has 1 N–H and O–H groups in total. The van der Waals surface area contributed by atoms with Crippen molar-refractivity contribution in [1.82, 2.24) is 0 Å². The molecule has 0 fully saturated rings. The Kier molecular flexibility index (Phi) is 4.06. The van der Waals surface area contributed by atoms with E-state index in [9.17, 15) is 0 Å². The van der Waals surface area contributed by atoms with Gasteiger partial charge in [0.2, 0.25) is 0 Å². The molecule has 1 atom stereocenters. The molecule has 0 saturated heterocycles. The molecule has 0 aliphatic rings. The van der Waals surface area contributed by atoms with E-state index in [0.29, 0.717) is 0 Å². The normalized spacial score (nSPS) is 13.6. The summed E-state index contributed by atoms with van der Waals surface area (Å²) in [6, 6.07) is 19.0. The van der Waals surface area contributed by atoms with Crippen LogP contribution >= 0.6 is 0 Å². The second-order valence-corrected chi connectivity index (χ2v) is 5.18. The second-order valence-electron chi connectivity index (χ2n) is 5.18. The number of para-hydroxylation sites is 1. The van der Waals surface area contributed by atoms with Gasteiger partial charge < -0.3 is 5.32 Å². The molecular weight excluding hydrogens is 230 g/mol. The highest BCUT2D eigenvalue weighted by Crippen LogP contribution is 2.30. The maximum Gasteiger partial charge on any atom is 0.0631 e. The number of anilines is 1. The van der Waals surface area contributed by atoms with Crippen LogP contribution in [0.15, 0.2) is 67.3 Å². The summed E-state index contributed by atoms with van der Waals surface area (Å²) >= 11 is 0. The van der Waals surface area contributed by atoms with Crippen LogP contribution in [-0.2, 0) is 5.54 Å². The molecular formula is C18H21N. The predicted molar refractivity (Wildman–Crippen MR) is 83.4 cm³/mol. The van der Waals surface area contributed by atoms with Gasteiger partial charge in [-0.3, -0.25) is 0 Å². The van der Waals surface area contributed by atoms with Crippen LogP contribution < -0.4 is 5.32 Å². The molecule has 2 rings (SSSR count). The third kappa shape index (κ3) is 3.25. The summed E-state index contributed by atoms with van der Waals surface area (Å²) in [6.07, 6.45) is 2.85. The standard InChI is InChI=1S/C18H21N/c1-4-14-18(3,16-12-10-15(2)11-13-16)19-17-8-6-5-7-9-17/h4-13,19H,1,14H2,2-3H3. The van der Waals surface area contributed by atoms with E-state index < -0.39 is 0 Å². The molecule has 2 aromatic rings. The van der Waals surface area contributed by atoms with Crippen LogP contribution in [0.2, 0.25) is 0 Å². The summed E-state index contributed by atoms with van der Waals surface area (Å²) in [7, 11) is 0. The Morgan fingerprint density at radius 1 is 1.05 bits per heavy atom. The van der Waals surface area contributed by atoms with E-state index in [0.717, 1.165) is 12.1 Å². The molecule has 98 valence electrons. The van der Waals surface area contributed by atoms with Gasteiger partial charge in [-0.05, 0) is 38.0 Å². The van der Waals surface area contributed by atoms with Crippen molar-refractivity contribution in [2.24, 2.45) is 0 Å². The lowest BCUT2D eigenvalue weighted by atomic mass is 9.87. The van der Waals surface area contributed by atoms with Gasteiger partial charge in [0, 0.05) is 5.69 Å². The Morgan fingerprint density at radius 3 is 2.26 bits per heavy atom. The van der Waals surface area contributed by atoms with Gasteiger partial charge in [-0.25, -0.2) is 0 Å². The average molecular weight is 251 g/mol. The summed E-state index contributed by atoms with van der Waals surface area (Å²) in [4.78, 5) is 0. The summed E-state index contributed by atoms with van der Waals surface area (Å²) in [5, 5.41) is 3.62. The zero-order valence-electron chi connectivity index (χ0n) is 11.7. The molecule has 1 nitrogen and oxygen atoms in total. The van der Waals surface area contributed by atoms with Crippen molar-refractivity contribution in [3.8, 4) is 0 Å². The van der Waals surface area contributed by atoms with Crippen molar-refractivity contribution < 1.29 is 0 Å². The number of benzene rings is 2. The molecule has 0 bridgehead atoms. The van der Waals surface area contributed by atoms with Crippen LogP contribution in [0.1, 0.15) is 24.5 Å². The van der Waals surface area contributed by atoms with E-state index in [-0.39, 0.29) is 5.54 Å². The molecule has 0 saturated carbocycles. The molecule has 0 aliphatic carbocycles. The van der Waals surface area contributed by atoms with E-state index in [1.807, 2.05) is 24.3 Å². The molecule has 2 aromatic carbocycles. The van der Waals surface area contributed by atoms with Crippen LogP contribution in [-0.4, -0.2) is 0 Å². The van der Waals surface area contributed by atoms with E-state index in [4.69, 9.17) is 0 Å². The lowest BCUT2D eigenvalue weighted by Gasteiger charge is -2.32. The van der Waals surface area contributed by atoms with Gasteiger partial charge in [0.25, 0.3) is 0 Å². The Hall–Kier alpha value is -2.02. The first kappa shape index (κ1) is 13.4. The maximum atomic E-state index is 3.89. The predicted octanol–water partition coefficient (Wildman–Crippen LogP) is 4.90. The van der Waals surface area contributed by atoms with Crippen LogP contribution in [0.4, 0.5) is 5.69 Å². The summed E-state index contributed by atoms with van der Waals surface area (Å²) in [6.45, 7) is 8.22. The fourth-order valence-electron chi connectivity index (χ4n) is 2.29. The lowest BCUT2D eigenvalue weighted by molar-refractivity contribution is 0.552. The minimum absolute atomic E-state index is 0.128. The number of hydrogen-bond donors (Lipinski definition) is 1. The van der Waals surface area contributed by atoms with Crippen molar-refractivity contribution in [1.29, 1.82) is 0 Å². The first-order chi connectivity index (χ1) is 9.14. The topological polar surface area (TPSA) is 12.0 Å². The van der Waals surface area contributed by atoms with Gasteiger partial charge in [-0.2, -0.15) is 0 Å². The third-order valence-electron chi connectivity index (χ3n) is 3.44. The minimum Gasteiger partial charge on any atom is -0.375 e.